The number of likely N-dealkylation sites (tertiary alicyclic amines) is 1. The predicted octanol–water partition coefficient (Wildman–Crippen LogP) is 4.93. The highest BCUT2D eigenvalue weighted by Crippen LogP contribution is 2.30. The maximum Gasteiger partial charge on any atom is 0.416 e. The molecule has 146 valence electrons. The molecule has 0 unspecified atom stereocenters. The first-order chi connectivity index (χ1) is 12.9. The highest BCUT2D eigenvalue weighted by Gasteiger charge is 2.30. The van der Waals surface area contributed by atoms with Crippen LogP contribution in [0.4, 0.5) is 18.9 Å². The molecule has 1 aromatic carbocycles. The summed E-state index contributed by atoms with van der Waals surface area (Å²) in [6, 6.07) is 8.36. The number of carbonyl (C=O) groups excluding carboxylic acids is 1. The number of anilines is 1. The minimum absolute atomic E-state index is 0.169. The van der Waals surface area contributed by atoms with Gasteiger partial charge in [0, 0.05) is 18.7 Å². The van der Waals surface area contributed by atoms with Crippen LogP contribution in [0.15, 0.2) is 47.1 Å². The average Bonchev–Trinajstić information content (AvgIpc) is 3.13. The molecule has 1 aliphatic rings. The van der Waals surface area contributed by atoms with E-state index in [0.717, 1.165) is 56.8 Å². The van der Waals surface area contributed by atoms with Gasteiger partial charge in [-0.15, -0.1) is 0 Å². The molecule has 1 aromatic heterocycles. The molecule has 0 saturated carbocycles. The molecule has 7 heteroatoms. The van der Waals surface area contributed by atoms with Gasteiger partial charge in [-0.25, -0.2) is 0 Å². The van der Waals surface area contributed by atoms with E-state index in [-0.39, 0.29) is 5.91 Å². The molecule has 4 nitrogen and oxygen atoms in total. The van der Waals surface area contributed by atoms with E-state index in [0.29, 0.717) is 18.0 Å². The number of halogens is 3. The van der Waals surface area contributed by atoms with Crippen LogP contribution < -0.4 is 5.32 Å². The highest BCUT2D eigenvalue weighted by atomic mass is 19.4. The predicted molar refractivity (Wildman–Crippen MR) is 96.0 cm³/mol. The number of rotatable bonds is 6. The van der Waals surface area contributed by atoms with Crippen LogP contribution >= 0.6 is 0 Å². The Morgan fingerprint density at radius 2 is 2.00 bits per heavy atom. The Labute approximate surface area is 156 Å². The van der Waals surface area contributed by atoms with E-state index in [2.05, 4.69) is 10.2 Å². The van der Waals surface area contributed by atoms with Crippen molar-refractivity contribution in [3.8, 4) is 0 Å². The lowest BCUT2D eigenvalue weighted by atomic mass is 9.93. The van der Waals surface area contributed by atoms with Crippen LogP contribution in [0.25, 0.3) is 0 Å². The number of nitrogens with one attached hydrogen (secondary N) is 1. The van der Waals surface area contributed by atoms with Crippen LogP contribution in [-0.4, -0.2) is 23.9 Å². The lowest BCUT2D eigenvalue weighted by Crippen LogP contribution is -2.35. The number of alkyl halides is 3. The summed E-state index contributed by atoms with van der Waals surface area (Å²) in [5.41, 5.74) is -0.338. The maximum absolute atomic E-state index is 12.6. The minimum atomic E-state index is -4.37. The molecule has 1 fully saturated rings. The smallest absolute Gasteiger partial charge is 0.416 e. The van der Waals surface area contributed by atoms with Gasteiger partial charge in [-0.1, -0.05) is 0 Å². The number of carbonyl (C=O) groups is 1. The van der Waals surface area contributed by atoms with Crippen LogP contribution in [0.1, 0.15) is 37.0 Å². The van der Waals surface area contributed by atoms with Crippen molar-refractivity contribution < 1.29 is 22.4 Å². The van der Waals surface area contributed by atoms with Gasteiger partial charge in [-0.3, -0.25) is 9.69 Å². The van der Waals surface area contributed by atoms with E-state index in [4.69, 9.17) is 4.42 Å². The first-order valence-corrected chi connectivity index (χ1v) is 9.12. The quantitative estimate of drug-likeness (QED) is 0.773. The van der Waals surface area contributed by atoms with E-state index in [1.807, 2.05) is 12.1 Å². The Hall–Kier alpha value is -2.28. The molecule has 1 saturated heterocycles. The molecule has 2 heterocycles. The molecule has 27 heavy (non-hydrogen) atoms. The zero-order chi connectivity index (χ0) is 19.3. The first kappa shape index (κ1) is 19.5. The van der Waals surface area contributed by atoms with E-state index in [1.165, 1.54) is 12.1 Å². The number of hydrogen-bond acceptors (Lipinski definition) is 3. The van der Waals surface area contributed by atoms with Crippen molar-refractivity contribution in [1.82, 2.24) is 4.90 Å². The lowest BCUT2D eigenvalue weighted by Gasteiger charge is -2.32. The number of furan rings is 1. The summed E-state index contributed by atoms with van der Waals surface area (Å²) in [5, 5.41) is 2.67. The standard InChI is InChI=1S/C20H23F3N2O2/c21-20(22,23)16-6-8-17(9-7-16)24-19(26)10-5-15-3-1-11-25(13-15)14-18-4-2-12-27-18/h2,4,6-9,12,15H,1,3,5,10-11,13-14H2,(H,24,26)/t15-/m0/s1. The third-order valence-electron chi connectivity index (χ3n) is 4.84. The summed E-state index contributed by atoms with van der Waals surface area (Å²) >= 11 is 0. The van der Waals surface area contributed by atoms with Crippen LogP contribution in [-0.2, 0) is 17.5 Å². The summed E-state index contributed by atoms with van der Waals surface area (Å²) in [7, 11) is 0. The normalized spacial score (nSPS) is 18.4. The van der Waals surface area contributed by atoms with E-state index >= 15 is 0 Å². The second kappa shape index (κ2) is 8.61. The van der Waals surface area contributed by atoms with Crippen molar-refractivity contribution >= 4 is 11.6 Å². The topological polar surface area (TPSA) is 45.5 Å². The number of piperidine rings is 1. The fourth-order valence-electron chi connectivity index (χ4n) is 3.45. The van der Waals surface area contributed by atoms with Crippen LogP contribution in [0, 0.1) is 5.92 Å². The molecular formula is C20H23F3N2O2. The molecule has 0 bridgehead atoms. The Kier molecular flexibility index (Phi) is 6.21. The number of benzene rings is 1. The number of hydrogen-bond donors (Lipinski definition) is 1. The number of nitrogens with zero attached hydrogens (tertiary/aromatic N) is 1. The number of amides is 1. The summed E-state index contributed by atoms with van der Waals surface area (Å²) < 4.78 is 43.1. The Morgan fingerprint density at radius 3 is 2.67 bits per heavy atom. The second-order valence-corrected chi connectivity index (χ2v) is 6.98. The van der Waals surface area contributed by atoms with Crippen molar-refractivity contribution in [2.75, 3.05) is 18.4 Å². The van der Waals surface area contributed by atoms with Gasteiger partial charge in [0.25, 0.3) is 0 Å². The molecule has 0 radical (unpaired) electrons. The van der Waals surface area contributed by atoms with Gasteiger partial charge < -0.3 is 9.73 Å². The third-order valence-corrected chi connectivity index (χ3v) is 4.84. The van der Waals surface area contributed by atoms with Crippen LogP contribution in [0.3, 0.4) is 0 Å². The SMILES string of the molecule is O=C(CC[C@@H]1CCCN(Cc2ccco2)C1)Nc1ccc(C(F)(F)F)cc1. The Balaban J connectivity index is 1.43. The van der Waals surface area contributed by atoms with Gasteiger partial charge in [0.2, 0.25) is 5.91 Å². The second-order valence-electron chi connectivity index (χ2n) is 6.98. The highest BCUT2D eigenvalue weighted by molar-refractivity contribution is 5.90. The summed E-state index contributed by atoms with van der Waals surface area (Å²) in [6.45, 7) is 2.73. The Bertz CT molecular complexity index is 727. The zero-order valence-electron chi connectivity index (χ0n) is 15.0. The van der Waals surface area contributed by atoms with Crippen molar-refractivity contribution in [2.45, 2.75) is 38.4 Å². The Morgan fingerprint density at radius 1 is 1.22 bits per heavy atom. The fourth-order valence-corrected chi connectivity index (χ4v) is 3.45. The average molecular weight is 380 g/mol. The molecule has 1 amide bonds. The molecule has 0 aliphatic carbocycles. The minimum Gasteiger partial charge on any atom is -0.468 e. The molecule has 1 N–H and O–H groups in total. The largest absolute Gasteiger partial charge is 0.468 e. The molecule has 0 spiro atoms. The van der Waals surface area contributed by atoms with E-state index in [1.54, 1.807) is 6.26 Å². The van der Waals surface area contributed by atoms with Gasteiger partial charge in [-0.2, -0.15) is 13.2 Å². The monoisotopic (exact) mass is 380 g/mol. The van der Waals surface area contributed by atoms with Gasteiger partial charge in [-0.05, 0) is 68.1 Å². The zero-order valence-corrected chi connectivity index (χ0v) is 15.0. The van der Waals surface area contributed by atoms with Crippen molar-refractivity contribution in [3.63, 3.8) is 0 Å². The molecule has 3 rings (SSSR count). The summed E-state index contributed by atoms with van der Waals surface area (Å²) in [5.74, 6) is 1.21. The molecular weight excluding hydrogens is 357 g/mol. The molecule has 1 atom stereocenters. The van der Waals surface area contributed by atoms with Crippen molar-refractivity contribution in [1.29, 1.82) is 0 Å². The van der Waals surface area contributed by atoms with E-state index < -0.39 is 11.7 Å². The van der Waals surface area contributed by atoms with Gasteiger partial charge in [0.05, 0.1) is 18.4 Å². The lowest BCUT2D eigenvalue weighted by molar-refractivity contribution is -0.137. The van der Waals surface area contributed by atoms with Gasteiger partial charge in [0.15, 0.2) is 0 Å². The summed E-state index contributed by atoms with van der Waals surface area (Å²) in [4.78, 5) is 14.4. The van der Waals surface area contributed by atoms with Gasteiger partial charge >= 0.3 is 6.18 Å². The first-order valence-electron chi connectivity index (χ1n) is 9.12. The summed E-state index contributed by atoms with van der Waals surface area (Å²) in [6.07, 6.45) is 0.600. The molecule has 1 aliphatic heterocycles. The van der Waals surface area contributed by atoms with Gasteiger partial charge in [0.1, 0.15) is 5.76 Å². The van der Waals surface area contributed by atoms with Crippen molar-refractivity contribution in [2.24, 2.45) is 5.92 Å². The third kappa shape index (κ3) is 5.85. The van der Waals surface area contributed by atoms with Crippen molar-refractivity contribution in [3.05, 3.63) is 54.0 Å². The van der Waals surface area contributed by atoms with E-state index in [9.17, 15) is 18.0 Å². The fraction of sp³-hybridized carbons (Fsp3) is 0.450. The van der Waals surface area contributed by atoms with Crippen LogP contribution in [0.5, 0.6) is 0 Å². The van der Waals surface area contributed by atoms with Crippen LogP contribution in [0.2, 0.25) is 0 Å². The maximum atomic E-state index is 12.6. The molecule has 2 aromatic rings.